The molecule has 0 aliphatic heterocycles. The van der Waals surface area contributed by atoms with E-state index in [4.69, 9.17) is 5.11 Å². The highest BCUT2D eigenvalue weighted by atomic mass is 16.6. The normalized spacial score (nSPS) is 9.94. The second kappa shape index (κ2) is 5.83. The zero-order valence-electron chi connectivity index (χ0n) is 9.50. The Morgan fingerprint density at radius 3 is 2.76 bits per heavy atom. The Kier molecular flexibility index (Phi) is 4.45. The van der Waals surface area contributed by atoms with Gasteiger partial charge in [-0.15, -0.1) is 0 Å². The molecular weight excluding hydrogens is 224 g/mol. The minimum Gasteiger partial charge on any atom is -0.481 e. The Labute approximate surface area is 98.6 Å². The Hall–Kier alpha value is -2.11. The molecule has 92 valence electrons. The van der Waals surface area contributed by atoms with Gasteiger partial charge in [0.25, 0.3) is 5.69 Å². The highest BCUT2D eigenvalue weighted by Gasteiger charge is 2.11. The van der Waals surface area contributed by atoms with Crippen molar-refractivity contribution in [3.8, 4) is 0 Å². The van der Waals surface area contributed by atoms with E-state index in [0.29, 0.717) is 18.8 Å². The van der Waals surface area contributed by atoms with Gasteiger partial charge in [0.1, 0.15) is 0 Å². The predicted octanol–water partition coefficient (Wildman–Crippen LogP) is 1.90. The van der Waals surface area contributed by atoms with Crippen LogP contribution >= 0.6 is 0 Å². The number of carboxylic acids is 1. The van der Waals surface area contributed by atoms with Crippen molar-refractivity contribution in [3.63, 3.8) is 0 Å². The molecule has 1 rings (SSSR count). The van der Waals surface area contributed by atoms with Crippen molar-refractivity contribution in [2.75, 3.05) is 18.0 Å². The van der Waals surface area contributed by atoms with Gasteiger partial charge in [-0.3, -0.25) is 14.9 Å². The van der Waals surface area contributed by atoms with Gasteiger partial charge in [0.2, 0.25) is 0 Å². The van der Waals surface area contributed by atoms with Gasteiger partial charge in [-0.1, -0.05) is 6.07 Å². The first kappa shape index (κ1) is 13.0. The smallest absolute Gasteiger partial charge is 0.305 e. The van der Waals surface area contributed by atoms with Crippen LogP contribution in [-0.4, -0.2) is 29.1 Å². The molecule has 1 aromatic rings. The van der Waals surface area contributed by atoms with Gasteiger partial charge in [0.05, 0.1) is 11.3 Å². The lowest BCUT2D eigenvalue weighted by atomic mass is 10.2. The molecule has 0 heterocycles. The monoisotopic (exact) mass is 238 g/mol. The number of carboxylic acid groups (broad SMARTS) is 1. The zero-order chi connectivity index (χ0) is 12.8. The van der Waals surface area contributed by atoms with Crippen LogP contribution in [0.3, 0.4) is 0 Å². The topological polar surface area (TPSA) is 83.7 Å². The van der Waals surface area contributed by atoms with Gasteiger partial charge in [-0.05, 0) is 13.0 Å². The second-order valence-electron chi connectivity index (χ2n) is 3.50. The van der Waals surface area contributed by atoms with Crippen LogP contribution in [-0.2, 0) is 4.79 Å². The molecule has 17 heavy (non-hydrogen) atoms. The van der Waals surface area contributed by atoms with Crippen LogP contribution in [0.2, 0.25) is 0 Å². The van der Waals surface area contributed by atoms with E-state index in [9.17, 15) is 14.9 Å². The van der Waals surface area contributed by atoms with E-state index >= 15 is 0 Å². The van der Waals surface area contributed by atoms with E-state index < -0.39 is 10.9 Å². The van der Waals surface area contributed by atoms with Crippen LogP contribution in [0.5, 0.6) is 0 Å². The van der Waals surface area contributed by atoms with E-state index in [-0.39, 0.29) is 12.1 Å². The Morgan fingerprint density at radius 1 is 1.53 bits per heavy atom. The van der Waals surface area contributed by atoms with Crippen molar-refractivity contribution in [1.29, 1.82) is 0 Å². The fraction of sp³-hybridized carbons (Fsp3) is 0.364. The predicted molar refractivity (Wildman–Crippen MR) is 63.2 cm³/mol. The summed E-state index contributed by atoms with van der Waals surface area (Å²) < 4.78 is 0. The molecule has 0 aliphatic carbocycles. The zero-order valence-corrected chi connectivity index (χ0v) is 9.50. The number of rotatable bonds is 6. The molecule has 1 aromatic carbocycles. The molecule has 6 nitrogen and oxygen atoms in total. The number of aliphatic carboxylic acids is 1. The number of benzene rings is 1. The second-order valence-corrected chi connectivity index (χ2v) is 3.50. The first-order chi connectivity index (χ1) is 8.04. The first-order valence-electron chi connectivity index (χ1n) is 5.25. The number of nitro groups is 1. The molecule has 0 amide bonds. The molecule has 0 radical (unpaired) electrons. The quantitative estimate of drug-likeness (QED) is 0.604. The fourth-order valence-electron chi connectivity index (χ4n) is 1.50. The van der Waals surface area contributed by atoms with Crippen LogP contribution < -0.4 is 4.90 Å². The summed E-state index contributed by atoms with van der Waals surface area (Å²) in [6, 6.07) is 6.19. The number of nitro benzene ring substituents is 1. The van der Waals surface area contributed by atoms with Crippen LogP contribution in [0.25, 0.3) is 0 Å². The lowest BCUT2D eigenvalue weighted by Gasteiger charge is -2.21. The maximum absolute atomic E-state index is 10.6. The van der Waals surface area contributed by atoms with Crippen molar-refractivity contribution >= 4 is 17.3 Å². The summed E-state index contributed by atoms with van der Waals surface area (Å²) in [7, 11) is 0. The molecule has 0 aromatic heterocycles. The van der Waals surface area contributed by atoms with E-state index in [0.717, 1.165) is 0 Å². The van der Waals surface area contributed by atoms with Gasteiger partial charge in [-0.2, -0.15) is 0 Å². The fourth-order valence-corrected chi connectivity index (χ4v) is 1.50. The largest absolute Gasteiger partial charge is 0.481 e. The molecule has 0 unspecified atom stereocenters. The third kappa shape index (κ3) is 3.75. The molecule has 0 fully saturated rings. The van der Waals surface area contributed by atoms with Crippen molar-refractivity contribution in [2.45, 2.75) is 13.3 Å². The lowest BCUT2D eigenvalue weighted by Crippen LogP contribution is -2.25. The summed E-state index contributed by atoms with van der Waals surface area (Å²) in [5.74, 6) is -0.881. The van der Waals surface area contributed by atoms with Crippen LogP contribution in [0, 0.1) is 10.1 Å². The molecular formula is C11H14N2O4. The van der Waals surface area contributed by atoms with Gasteiger partial charge in [-0.25, -0.2) is 0 Å². The number of carbonyl (C=O) groups is 1. The lowest BCUT2D eigenvalue weighted by molar-refractivity contribution is -0.384. The Bertz CT molecular complexity index is 420. The Morgan fingerprint density at radius 2 is 2.24 bits per heavy atom. The van der Waals surface area contributed by atoms with Crippen LogP contribution in [0.15, 0.2) is 24.3 Å². The molecule has 6 heteroatoms. The first-order valence-corrected chi connectivity index (χ1v) is 5.25. The van der Waals surface area contributed by atoms with Crippen molar-refractivity contribution in [3.05, 3.63) is 34.4 Å². The number of hydrogen-bond acceptors (Lipinski definition) is 4. The summed E-state index contributed by atoms with van der Waals surface area (Å²) >= 11 is 0. The average molecular weight is 238 g/mol. The molecule has 0 saturated carbocycles. The van der Waals surface area contributed by atoms with E-state index in [1.807, 2.05) is 6.92 Å². The van der Waals surface area contributed by atoms with E-state index in [2.05, 4.69) is 0 Å². The summed E-state index contributed by atoms with van der Waals surface area (Å²) in [5, 5.41) is 19.2. The van der Waals surface area contributed by atoms with Crippen molar-refractivity contribution in [1.82, 2.24) is 0 Å². The minimum absolute atomic E-state index is 0.0104. The summed E-state index contributed by atoms with van der Waals surface area (Å²) in [4.78, 5) is 22.4. The third-order valence-corrected chi connectivity index (χ3v) is 2.38. The summed E-state index contributed by atoms with van der Waals surface area (Å²) in [6.07, 6.45) is 0.0104. The molecule has 0 atom stereocenters. The Balaban J connectivity index is 2.84. The number of hydrogen-bond donors (Lipinski definition) is 1. The van der Waals surface area contributed by atoms with Crippen molar-refractivity contribution < 1.29 is 14.8 Å². The van der Waals surface area contributed by atoms with Gasteiger partial charge in [0, 0.05) is 30.9 Å². The molecule has 0 aliphatic rings. The minimum atomic E-state index is -0.881. The molecule has 0 spiro atoms. The van der Waals surface area contributed by atoms with E-state index in [1.165, 1.54) is 12.1 Å². The van der Waals surface area contributed by atoms with Crippen LogP contribution in [0.1, 0.15) is 13.3 Å². The number of non-ortho nitro benzene ring substituents is 1. The van der Waals surface area contributed by atoms with Gasteiger partial charge < -0.3 is 10.0 Å². The average Bonchev–Trinajstić information content (AvgIpc) is 2.30. The van der Waals surface area contributed by atoms with Crippen molar-refractivity contribution in [2.24, 2.45) is 0 Å². The summed E-state index contributed by atoms with van der Waals surface area (Å²) in [6.45, 7) is 2.82. The molecule has 0 bridgehead atoms. The van der Waals surface area contributed by atoms with Gasteiger partial charge in [0.15, 0.2) is 0 Å². The highest BCUT2D eigenvalue weighted by molar-refractivity contribution is 5.67. The maximum atomic E-state index is 10.6. The highest BCUT2D eigenvalue weighted by Crippen LogP contribution is 2.20. The van der Waals surface area contributed by atoms with Crippen LogP contribution in [0.4, 0.5) is 11.4 Å². The number of anilines is 1. The summed E-state index contributed by atoms with van der Waals surface area (Å²) in [5.41, 5.74) is 0.680. The number of nitrogens with zero attached hydrogens (tertiary/aromatic N) is 2. The van der Waals surface area contributed by atoms with E-state index in [1.54, 1.807) is 17.0 Å². The SMILES string of the molecule is CCN(CCC(=O)O)c1cccc([N+](=O)[O-])c1. The molecule has 0 saturated heterocycles. The maximum Gasteiger partial charge on any atom is 0.305 e. The molecule has 1 N–H and O–H groups in total. The third-order valence-electron chi connectivity index (χ3n) is 2.38. The van der Waals surface area contributed by atoms with Gasteiger partial charge >= 0.3 is 5.97 Å². The standard InChI is InChI=1S/C11H14N2O4/c1-2-12(7-6-11(14)15)9-4-3-5-10(8-9)13(16)17/h3-5,8H,2,6-7H2,1H3,(H,14,15).